The SMILES string of the molecule is COC(=O)c1sc(NC(=O)c2ccc(OC)cc2OC)c(C(=O)OC)c1C. The minimum absolute atomic E-state index is 0.101. The molecule has 1 aromatic heterocycles. The molecule has 0 atom stereocenters. The number of benzene rings is 1. The van der Waals surface area contributed by atoms with E-state index >= 15 is 0 Å². The molecule has 27 heavy (non-hydrogen) atoms. The van der Waals surface area contributed by atoms with Gasteiger partial charge >= 0.3 is 11.9 Å². The number of rotatable bonds is 6. The molecular formula is C18H19NO7S. The molecular weight excluding hydrogens is 374 g/mol. The fraction of sp³-hybridized carbons (Fsp3) is 0.278. The number of nitrogens with one attached hydrogen (secondary N) is 1. The summed E-state index contributed by atoms with van der Waals surface area (Å²) in [5, 5.41) is 2.83. The quantitative estimate of drug-likeness (QED) is 0.753. The standard InChI is InChI=1S/C18H19NO7S/c1-9-13(17(21)25-4)16(27-14(9)18(22)26-5)19-15(20)11-7-6-10(23-2)8-12(11)24-3/h6-8H,1-5H3,(H,19,20). The zero-order valence-electron chi connectivity index (χ0n) is 15.5. The Morgan fingerprint density at radius 2 is 1.63 bits per heavy atom. The average molecular weight is 393 g/mol. The van der Waals surface area contributed by atoms with Gasteiger partial charge in [-0.05, 0) is 24.6 Å². The van der Waals surface area contributed by atoms with Gasteiger partial charge in [0.2, 0.25) is 0 Å². The highest BCUT2D eigenvalue weighted by molar-refractivity contribution is 7.18. The number of amides is 1. The molecule has 0 bridgehead atoms. The Balaban J connectivity index is 2.46. The highest BCUT2D eigenvalue weighted by atomic mass is 32.1. The van der Waals surface area contributed by atoms with Gasteiger partial charge in [-0.2, -0.15) is 0 Å². The molecule has 0 spiro atoms. The van der Waals surface area contributed by atoms with Crippen molar-refractivity contribution in [1.29, 1.82) is 0 Å². The summed E-state index contributed by atoms with van der Waals surface area (Å²) in [6, 6.07) is 4.71. The van der Waals surface area contributed by atoms with Crippen LogP contribution >= 0.6 is 11.3 Å². The van der Waals surface area contributed by atoms with Crippen LogP contribution in [0, 0.1) is 6.92 Å². The van der Waals surface area contributed by atoms with Gasteiger partial charge in [-0.25, -0.2) is 9.59 Å². The van der Waals surface area contributed by atoms with E-state index in [2.05, 4.69) is 5.32 Å². The fourth-order valence-corrected chi connectivity index (χ4v) is 3.50. The third kappa shape index (κ3) is 4.03. The number of hydrogen-bond donors (Lipinski definition) is 1. The first kappa shape index (κ1) is 20.2. The maximum absolute atomic E-state index is 12.7. The molecule has 8 nitrogen and oxygen atoms in total. The number of carbonyl (C=O) groups excluding carboxylic acids is 3. The number of hydrogen-bond acceptors (Lipinski definition) is 8. The minimum Gasteiger partial charge on any atom is -0.497 e. The summed E-state index contributed by atoms with van der Waals surface area (Å²) in [5.74, 6) is -0.968. The lowest BCUT2D eigenvalue weighted by atomic mass is 10.1. The van der Waals surface area contributed by atoms with E-state index in [0.29, 0.717) is 17.1 Å². The van der Waals surface area contributed by atoms with E-state index in [1.807, 2.05) is 0 Å². The van der Waals surface area contributed by atoms with Crippen LogP contribution in [0.4, 0.5) is 5.00 Å². The van der Waals surface area contributed by atoms with Crippen LogP contribution in [0.15, 0.2) is 18.2 Å². The highest BCUT2D eigenvalue weighted by Crippen LogP contribution is 2.35. The second-order valence-electron chi connectivity index (χ2n) is 5.26. The van der Waals surface area contributed by atoms with Crippen LogP contribution in [-0.2, 0) is 9.47 Å². The normalized spacial score (nSPS) is 10.1. The lowest BCUT2D eigenvalue weighted by Gasteiger charge is -2.11. The van der Waals surface area contributed by atoms with E-state index in [4.69, 9.17) is 18.9 Å². The molecule has 0 fully saturated rings. The molecule has 0 unspecified atom stereocenters. The van der Waals surface area contributed by atoms with Gasteiger partial charge in [0.15, 0.2) is 0 Å². The number of methoxy groups -OCH3 is 4. The second kappa shape index (κ2) is 8.54. The molecule has 1 aromatic carbocycles. The number of thiophene rings is 1. The molecule has 1 heterocycles. The third-order valence-electron chi connectivity index (χ3n) is 3.79. The predicted octanol–water partition coefficient (Wildman–Crippen LogP) is 2.90. The van der Waals surface area contributed by atoms with Gasteiger partial charge in [0.1, 0.15) is 21.4 Å². The van der Waals surface area contributed by atoms with Gasteiger partial charge in [0.05, 0.1) is 39.6 Å². The first-order valence-electron chi connectivity index (χ1n) is 7.71. The summed E-state index contributed by atoms with van der Waals surface area (Å²) in [5.41, 5.74) is 0.708. The summed E-state index contributed by atoms with van der Waals surface area (Å²) in [4.78, 5) is 37.0. The minimum atomic E-state index is -0.670. The molecule has 0 saturated heterocycles. The second-order valence-corrected chi connectivity index (χ2v) is 6.28. The van der Waals surface area contributed by atoms with Crippen molar-refractivity contribution in [3.63, 3.8) is 0 Å². The largest absolute Gasteiger partial charge is 0.497 e. The predicted molar refractivity (Wildman–Crippen MR) is 99.2 cm³/mol. The van der Waals surface area contributed by atoms with Crippen LogP contribution in [-0.4, -0.2) is 46.3 Å². The van der Waals surface area contributed by atoms with Crippen molar-refractivity contribution in [3.05, 3.63) is 39.8 Å². The van der Waals surface area contributed by atoms with E-state index in [-0.39, 0.29) is 21.0 Å². The van der Waals surface area contributed by atoms with Crippen LogP contribution in [0.1, 0.15) is 36.0 Å². The Morgan fingerprint density at radius 1 is 0.963 bits per heavy atom. The summed E-state index contributed by atoms with van der Waals surface area (Å²) < 4.78 is 19.8. The molecule has 1 amide bonds. The van der Waals surface area contributed by atoms with Crippen LogP contribution in [0.2, 0.25) is 0 Å². The average Bonchev–Trinajstić information content (AvgIpc) is 3.01. The van der Waals surface area contributed by atoms with Crippen molar-refractivity contribution in [2.24, 2.45) is 0 Å². The maximum Gasteiger partial charge on any atom is 0.348 e. The van der Waals surface area contributed by atoms with E-state index < -0.39 is 17.8 Å². The third-order valence-corrected chi connectivity index (χ3v) is 4.97. The lowest BCUT2D eigenvalue weighted by molar-refractivity contribution is 0.0601. The lowest BCUT2D eigenvalue weighted by Crippen LogP contribution is -2.15. The van der Waals surface area contributed by atoms with E-state index in [0.717, 1.165) is 11.3 Å². The van der Waals surface area contributed by atoms with Crippen molar-refractivity contribution in [2.45, 2.75) is 6.92 Å². The monoisotopic (exact) mass is 393 g/mol. The summed E-state index contributed by atoms with van der Waals surface area (Å²) in [7, 11) is 5.38. The summed E-state index contributed by atoms with van der Waals surface area (Å²) >= 11 is 0.934. The van der Waals surface area contributed by atoms with E-state index in [1.54, 1.807) is 19.1 Å². The first-order valence-corrected chi connectivity index (χ1v) is 8.52. The Bertz CT molecular complexity index is 888. The van der Waals surface area contributed by atoms with Gasteiger partial charge < -0.3 is 24.3 Å². The van der Waals surface area contributed by atoms with Crippen molar-refractivity contribution >= 4 is 34.2 Å². The molecule has 0 aliphatic carbocycles. The van der Waals surface area contributed by atoms with Gasteiger partial charge in [-0.1, -0.05) is 0 Å². The number of ether oxygens (including phenoxy) is 4. The van der Waals surface area contributed by atoms with Crippen molar-refractivity contribution < 1.29 is 33.3 Å². The molecule has 0 aliphatic heterocycles. The van der Waals surface area contributed by atoms with E-state index in [9.17, 15) is 14.4 Å². The number of carbonyl (C=O) groups is 3. The van der Waals surface area contributed by atoms with Gasteiger partial charge in [-0.3, -0.25) is 4.79 Å². The molecule has 0 saturated carbocycles. The highest BCUT2D eigenvalue weighted by Gasteiger charge is 2.27. The van der Waals surface area contributed by atoms with Gasteiger partial charge in [-0.15, -0.1) is 11.3 Å². The Hall–Kier alpha value is -3.07. The van der Waals surface area contributed by atoms with Crippen molar-refractivity contribution in [3.8, 4) is 11.5 Å². The van der Waals surface area contributed by atoms with Gasteiger partial charge in [0, 0.05) is 6.07 Å². The Morgan fingerprint density at radius 3 is 2.19 bits per heavy atom. The van der Waals surface area contributed by atoms with Crippen LogP contribution in [0.5, 0.6) is 11.5 Å². The first-order chi connectivity index (χ1) is 12.9. The molecule has 2 rings (SSSR count). The molecule has 144 valence electrons. The molecule has 0 radical (unpaired) electrons. The molecule has 0 aliphatic rings. The van der Waals surface area contributed by atoms with Crippen LogP contribution < -0.4 is 14.8 Å². The Labute approximate surface area is 160 Å². The van der Waals surface area contributed by atoms with Crippen LogP contribution in [0.3, 0.4) is 0 Å². The van der Waals surface area contributed by atoms with Crippen molar-refractivity contribution in [1.82, 2.24) is 0 Å². The zero-order valence-corrected chi connectivity index (χ0v) is 16.3. The van der Waals surface area contributed by atoms with Crippen LogP contribution in [0.25, 0.3) is 0 Å². The fourth-order valence-electron chi connectivity index (χ4n) is 2.39. The molecule has 2 aromatic rings. The smallest absolute Gasteiger partial charge is 0.348 e. The molecule has 1 N–H and O–H groups in total. The van der Waals surface area contributed by atoms with Gasteiger partial charge in [0.25, 0.3) is 5.91 Å². The topological polar surface area (TPSA) is 100 Å². The van der Waals surface area contributed by atoms with Crippen molar-refractivity contribution in [2.75, 3.05) is 33.8 Å². The van der Waals surface area contributed by atoms with E-state index in [1.165, 1.54) is 34.5 Å². The summed E-state index contributed by atoms with van der Waals surface area (Å²) in [6.45, 7) is 1.58. The molecule has 9 heteroatoms. The maximum atomic E-state index is 12.7. The summed E-state index contributed by atoms with van der Waals surface area (Å²) in [6.07, 6.45) is 0. The Kier molecular flexibility index (Phi) is 6.40. The zero-order chi connectivity index (χ0) is 20.1. The number of anilines is 1. The number of esters is 2.